The summed E-state index contributed by atoms with van der Waals surface area (Å²) in [6.07, 6.45) is 49.5. The van der Waals surface area contributed by atoms with Gasteiger partial charge in [0.25, 0.3) is 0 Å². The minimum atomic E-state index is -0.762. The summed E-state index contributed by atoms with van der Waals surface area (Å²) >= 11 is 0. The fourth-order valence-corrected chi connectivity index (χ4v) is 8.34. The second kappa shape index (κ2) is 47.9. The molecule has 6 nitrogen and oxygen atoms in total. The molecule has 0 radical (unpaired) electrons. The van der Waals surface area contributed by atoms with Crippen LogP contribution in [0.1, 0.15) is 304 Å². The zero-order valence-electron chi connectivity index (χ0n) is 41.8. The van der Waals surface area contributed by atoms with Crippen LogP contribution in [0.5, 0.6) is 0 Å². The Bertz CT molecular complexity index is 931. The molecule has 0 bridgehead atoms. The highest BCUT2D eigenvalue weighted by molar-refractivity contribution is 5.71. The van der Waals surface area contributed by atoms with Crippen molar-refractivity contribution in [2.24, 2.45) is 11.8 Å². The number of hydrogen-bond acceptors (Lipinski definition) is 6. The van der Waals surface area contributed by atoms with E-state index in [0.29, 0.717) is 19.3 Å². The van der Waals surface area contributed by atoms with E-state index in [1.54, 1.807) is 0 Å². The van der Waals surface area contributed by atoms with Gasteiger partial charge in [0.15, 0.2) is 6.10 Å². The predicted molar refractivity (Wildman–Crippen MR) is 261 cm³/mol. The summed E-state index contributed by atoms with van der Waals surface area (Å²) in [5.74, 6) is 0.790. The number of carbonyl (C=O) groups is 3. The molecule has 0 N–H and O–H groups in total. The van der Waals surface area contributed by atoms with Gasteiger partial charge in [-0.3, -0.25) is 14.4 Å². The molecule has 0 fully saturated rings. The fourth-order valence-electron chi connectivity index (χ4n) is 8.34. The van der Waals surface area contributed by atoms with Crippen molar-refractivity contribution < 1.29 is 28.6 Å². The van der Waals surface area contributed by atoms with E-state index < -0.39 is 6.10 Å². The lowest BCUT2D eigenvalue weighted by molar-refractivity contribution is -0.167. The maximum Gasteiger partial charge on any atom is 0.306 e. The van der Waals surface area contributed by atoms with Crippen LogP contribution in [-0.2, 0) is 28.6 Å². The van der Waals surface area contributed by atoms with Gasteiger partial charge in [0.2, 0.25) is 0 Å². The molecule has 61 heavy (non-hydrogen) atoms. The van der Waals surface area contributed by atoms with E-state index in [4.69, 9.17) is 14.2 Å². The molecule has 0 heterocycles. The average Bonchev–Trinajstić information content (AvgIpc) is 3.23. The van der Waals surface area contributed by atoms with Crippen LogP contribution in [0, 0.1) is 11.8 Å². The van der Waals surface area contributed by atoms with Crippen molar-refractivity contribution in [2.45, 2.75) is 310 Å². The molecule has 0 saturated carbocycles. The molecular weight excluding hydrogens is 757 g/mol. The Morgan fingerprint density at radius 2 is 0.541 bits per heavy atom. The smallest absolute Gasteiger partial charge is 0.306 e. The molecule has 0 aromatic heterocycles. The Morgan fingerprint density at radius 3 is 0.803 bits per heavy atom. The number of ether oxygens (including phenoxy) is 3. The first-order valence-electron chi connectivity index (χ1n) is 27.2. The second-order valence-corrected chi connectivity index (χ2v) is 19.8. The average molecular weight is 863 g/mol. The summed E-state index contributed by atoms with van der Waals surface area (Å²) in [4.78, 5) is 38.0. The van der Waals surface area contributed by atoms with Crippen molar-refractivity contribution in [3.8, 4) is 0 Å². The van der Waals surface area contributed by atoms with Crippen LogP contribution >= 0.6 is 0 Å². The molecular formula is C55H106O6. The Morgan fingerprint density at radius 1 is 0.311 bits per heavy atom. The Balaban J connectivity index is 4.29. The number of esters is 3. The van der Waals surface area contributed by atoms with Crippen molar-refractivity contribution in [3.63, 3.8) is 0 Å². The zero-order valence-corrected chi connectivity index (χ0v) is 41.8. The number of unbranched alkanes of at least 4 members (excludes halogenated alkanes) is 34. The molecule has 0 unspecified atom stereocenters. The molecule has 6 heteroatoms. The van der Waals surface area contributed by atoms with Gasteiger partial charge >= 0.3 is 17.9 Å². The third-order valence-corrected chi connectivity index (χ3v) is 12.5. The van der Waals surface area contributed by atoms with Crippen LogP contribution in [0.4, 0.5) is 0 Å². The summed E-state index contributed by atoms with van der Waals surface area (Å²) in [6.45, 7) is 11.4. The van der Waals surface area contributed by atoms with Gasteiger partial charge in [-0.2, -0.15) is 0 Å². The summed E-state index contributed by atoms with van der Waals surface area (Å²) in [7, 11) is 0. The van der Waals surface area contributed by atoms with E-state index in [1.165, 1.54) is 193 Å². The first-order valence-corrected chi connectivity index (χ1v) is 27.2. The molecule has 0 amide bonds. The van der Waals surface area contributed by atoms with Crippen molar-refractivity contribution >= 4 is 17.9 Å². The quantitative estimate of drug-likeness (QED) is 0.0344. The largest absolute Gasteiger partial charge is 0.462 e. The highest BCUT2D eigenvalue weighted by Crippen LogP contribution is 2.18. The lowest BCUT2D eigenvalue weighted by atomic mass is 10.0. The highest BCUT2D eigenvalue weighted by atomic mass is 16.6. The van der Waals surface area contributed by atoms with Gasteiger partial charge < -0.3 is 14.2 Å². The first kappa shape index (κ1) is 59.4. The third-order valence-electron chi connectivity index (χ3n) is 12.5. The van der Waals surface area contributed by atoms with E-state index >= 15 is 0 Å². The summed E-state index contributed by atoms with van der Waals surface area (Å²) in [6, 6.07) is 0. The lowest BCUT2D eigenvalue weighted by Gasteiger charge is -2.18. The molecule has 362 valence electrons. The highest BCUT2D eigenvalue weighted by Gasteiger charge is 2.19. The van der Waals surface area contributed by atoms with Crippen molar-refractivity contribution in [1.82, 2.24) is 0 Å². The minimum Gasteiger partial charge on any atom is -0.462 e. The van der Waals surface area contributed by atoms with E-state index in [0.717, 1.165) is 69.6 Å². The topological polar surface area (TPSA) is 78.9 Å². The van der Waals surface area contributed by atoms with Gasteiger partial charge in [0.05, 0.1) is 0 Å². The van der Waals surface area contributed by atoms with E-state index in [1.807, 2.05) is 0 Å². The molecule has 0 aliphatic rings. The van der Waals surface area contributed by atoms with Gasteiger partial charge in [0, 0.05) is 19.3 Å². The molecule has 1 atom stereocenters. The SMILES string of the molecule is CCCCCCCCCCCCCCCCCCC(=O)O[C@@H](COC(=O)CCCCCCCCCCCCCCCC(C)C)COC(=O)CCCCCCCCCCC(C)C. The normalized spacial score (nSPS) is 12.0. The Labute approximate surface area is 380 Å². The Hall–Kier alpha value is -1.59. The monoisotopic (exact) mass is 863 g/mol. The van der Waals surface area contributed by atoms with Crippen LogP contribution in [0.25, 0.3) is 0 Å². The second-order valence-electron chi connectivity index (χ2n) is 19.8. The van der Waals surface area contributed by atoms with Gasteiger partial charge in [-0.25, -0.2) is 0 Å². The summed E-state index contributed by atoms with van der Waals surface area (Å²) in [5.41, 5.74) is 0. The number of carbonyl (C=O) groups excluding carboxylic acids is 3. The maximum atomic E-state index is 12.8. The lowest BCUT2D eigenvalue weighted by Crippen LogP contribution is -2.30. The van der Waals surface area contributed by atoms with Crippen molar-refractivity contribution in [3.05, 3.63) is 0 Å². The molecule has 0 rings (SSSR count). The fraction of sp³-hybridized carbons (Fsp3) is 0.945. The molecule has 0 saturated heterocycles. The summed E-state index contributed by atoms with van der Waals surface area (Å²) in [5, 5.41) is 0. The molecule has 0 aliphatic carbocycles. The molecule has 0 spiro atoms. The van der Waals surface area contributed by atoms with Crippen molar-refractivity contribution in [1.29, 1.82) is 0 Å². The van der Waals surface area contributed by atoms with Crippen LogP contribution in [-0.4, -0.2) is 37.2 Å². The van der Waals surface area contributed by atoms with Crippen LogP contribution in [0.15, 0.2) is 0 Å². The minimum absolute atomic E-state index is 0.0636. The van der Waals surface area contributed by atoms with Crippen LogP contribution in [0.3, 0.4) is 0 Å². The molecule has 0 aromatic rings. The van der Waals surface area contributed by atoms with Gasteiger partial charge in [-0.05, 0) is 31.1 Å². The van der Waals surface area contributed by atoms with Crippen LogP contribution < -0.4 is 0 Å². The number of hydrogen-bond donors (Lipinski definition) is 0. The molecule has 0 aromatic carbocycles. The standard InChI is InChI=1S/C55H106O6/c1-6-7-8-9-10-11-12-13-14-15-18-22-25-32-37-42-47-55(58)61-52(49-60-54(57)46-41-36-31-27-26-29-34-39-44-51(4)5)48-59-53(56)45-40-35-30-24-21-19-16-17-20-23-28-33-38-43-50(2)3/h50-52H,6-49H2,1-5H3/t52-/m0/s1. The van der Waals surface area contributed by atoms with Gasteiger partial charge in [-0.15, -0.1) is 0 Å². The first-order chi connectivity index (χ1) is 29.7. The number of rotatable bonds is 49. The van der Waals surface area contributed by atoms with E-state index in [2.05, 4.69) is 34.6 Å². The zero-order chi connectivity index (χ0) is 44.7. The van der Waals surface area contributed by atoms with Crippen molar-refractivity contribution in [2.75, 3.05) is 13.2 Å². The van der Waals surface area contributed by atoms with Crippen LogP contribution in [0.2, 0.25) is 0 Å². The predicted octanol–water partition coefficient (Wildman–Crippen LogP) is 17.7. The van der Waals surface area contributed by atoms with E-state index in [-0.39, 0.29) is 31.1 Å². The maximum absolute atomic E-state index is 12.8. The van der Waals surface area contributed by atoms with Gasteiger partial charge in [0.1, 0.15) is 13.2 Å². The Kier molecular flexibility index (Phi) is 46.6. The third kappa shape index (κ3) is 49.3. The molecule has 0 aliphatic heterocycles. The van der Waals surface area contributed by atoms with Gasteiger partial charge in [-0.1, -0.05) is 266 Å². The summed E-state index contributed by atoms with van der Waals surface area (Å²) < 4.78 is 16.8. The van der Waals surface area contributed by atoms with E-state index in [9.17, 15) is 14.4 Å².